The van der Waals surface area contributed by atoms with Gasteiger partial charge in [0, 0.05) is 25.2 Å². The summed E-state index contributed by atoms with van der Waals surface area (Å²) >= 11 is 0. The van der Waals surface area contributed by atoms with Crippen LogP contribution in [0.3, 0.4) is 0 Å². The van der Waals surface area contributed by atoms with Gasteiger partial charge < -0.3 is 15.0 Å². The number of carbonyl (C=O) groups excluding carboxylic acids is 2. The van der Waals surface area contributed by atoms with Crippen molar-refractivity contribution in [3.63, 3.8) is 0 Å². The second kappa shape index (κ2) is 7.38. The number of piperidine rings is 1. The molecule has 0 saturated carbocycles. The van der Waals surface area contributed by atoms with Crippen LogP contribution in [0, 0.1) is 5.92 Å². The molecule has 5 nitrogen and oxygen atoms in total. The lowest BCUT2D eigenvalue weighted by Gasteiger charge is -2.38. The fourth-order valence-corrected chi connectivity index (χ4v) is 3.35. The van der Waals surface area contributed by atoms with Crippen molar-refractivity contribution in [3.05, 3.63) is 60.2 Å². The van der Waals surface area contributed by atoms with E-state index < -0.39 is 0 Å². The minimum Gasteiger partial charge on any atom is -0.497 e. The Hall–Kier alpha value is -2.82. The van der Waals surface area contributed by atoms with Crippen molar-refractivity contribution >= 4 is 17.5 Å². The fraction of sp³-hybridized carbons (Fsp3) is 0.300. The van der Waals surface area contributed by atoms with E-state index in [4.69, 9.17) is 4.74 Å². The van der Waals surface area contributed by atoms with Crippen LogP contribution < -0.4 is 10.1 Å². The Kier molecular flexibility index (Phi) is 5.03. The van der Waals surface area contributed by atoms with E-state index in [0.29, 0.717) is 24.3 Å². The Morgan fingerprint density at radius 1 is 1.16 bits per heavy atom. The van der Waals surface area contributed by atoms with Crippen molar-refractivity contribution in [2.45, 2.75) is 18.9 Å². The molecule has 25 heavy (non-hydrogen) atoms. The van der Waals surface area contributed by atoms with Gasteiger partial charge in [-0.1, -0.05) is 36.4 Å². The summed E-state index contributed by atoms with van der Waals surface area (Å²) in [6.07, 6.45) is 0.925. The predicted molar refractivity (Wildman–Crippen MR) is 96.3 cm³/mol. The lowest BCUT2D eigenvalue weighted by molar-refractivity contribution is -0.140. The lowest BCUT2D eigenvalue weighted by Crippen LogP contribution is -2.44. The van der Waals surface area contributed by atoms with Crippen LogP contribution >= 0.6 is 0 Å². The molecule has 1 saturated heterocycles. The standard InChI is InChI=1S/C20H22N2O3/c1-22-18(23)12-11-17(19(22)14-7-4-3-5-8-14)20(24)21-15-9-6-10-16(13-15)25-2/h3-10,13,17,19H,11-12H2,1-2H3,(H,21,24). The normalized spacial score (nSPS) is 20.2. The van der Waals surface area contributed by atoms with E-state index in [9.17, 15) is 9.59 Å². The Labute approximate surface area is 147 Å². The molecule has 1 fully saturated rings. The first-order valence-corrected chi connectivity index (χ1v) is 8.35. The van der Waals surface area contributed by atoms with Gasteiger partial charge in [-0.2, -0.15) is 0 Å². The van der Waals surface area contributed by atoms with Crippen molar-refractivity contribution in [3.8, 4) is 5.75 Å². The zero-order valence-electron chi connectivity index (χ0n) is 14.4. The number of methoxy groups -OCH3 is 1. The first-order valence-electron chi connectivity index (χ1n) is 8.35. The van der Waals surface area contributed by atoms with Crippen molar-refractivity contribution in [2.24, 2.45) is 5.92 Å². The number of hydrogen-bond acceptors (Lipinski definition) is 3. The minimum absolute atomic E-state index is 0.0688. The van der Waals surface area contributed by atoms with E-state index in [-0.39, 0.29) is 23.8 Å². The quantitative estimate of drug-likeness (QED) is 0.931. The summed E-state index contributed by atoms with van der Waals surface area (Å²) in [5.74, 6) is 0.380. The number of anilines is 1. The molecule has 5 heteroatoms. The maximum absolute atomic E-state index is 12.9. The molecule has 2 aromatic carbocycles. The van der Waals surface area contributed by atoms with Crippen molar-refractivity contribution in [1.29, 1.82) is 0 Å². The van der Waals surface area contributed by atoms with Crippen LogP contribution in [0.1, 0.15) is 24.4 Å². The maximum atomic E-state index is 12.9. The van der Waals surface area contributed by atoms with Gasteiger partial charge in [-0.3, -0.25) is 9.59 Å². The van der Waals surface area contributed by atoms with E-state index in [0.717, 1.165) is 5.56 Å². The van der Waals surface area contributed by atoms with Gasteiger partial charge in [-0.25, -0.2) is 0 Å². The molecule has 1 aliphatic rings. The Morgan fingerprint density at radius 3 is 2.64 bits per heavy atom. The number of hydrogen-bond donors (Lipinski definition) is 1. The van der Waals surface area contributed by atoms with Gasteiger partial charge in [0.05, 0.1) is 19.1 Å². The van der Waals surface area contributed by atoms with Gasteiger partial charge in [0.2, 0.25) is 11.8 Å². The summed E-state index contributed by atoms with van der Waals surface area (Å²) in [7, 11) is 3.36. The summed E-state index contributed by atoms with van der Waals surface area (Å²) < 4.78 is 5.20. The third-order valence-corrected chi connectivity index (χ3v) is 4.68. The third-order valence-electron chi connectivity index (χ3n) is 4.68. The Morgan fingerprint density at radius 2 is 1.92 bits per heavy atom. The van der Waals surface area contributed by atoms with Crippen molar-refractivity contribution < 1.29 is 14.3 Å². The number of carbonyl (C=O) groups is 2. The molecule has 0 bridgehead atoms. The molecule has 2 unspecified atom stereocenters. The molecule has 1 aliphatic heterocycles. The molecule has 2 atom stereocenters. The SMILES string of the molecule is COc1cccc(NC(=O)C2CCC(=O)N(C)C2c2ccccc2)c1. The average Bonchev–Trinajstić information content (AvgIpc) is 2.64. The van der Waals surface area contributed by atoms with E-state index in [1.807, 2.05) is 48.5 Å². The Bertz CT molecular complexity index is 761. The molecule has 0 radical (unpaired) electrons. The maximum Gasteiger partial charge on any atom is 0.229 e. The fourth-order valence-electron chi connectivity index (χ4n) is 3.35. The largest absolute Gasteiger partial charge is 0.497 e. The van der Waals surface area contributed by atoms with Crippen LogP contribution in [0.15, 0.2) is 54.6 Å². The molecule has 0 spiro atoms. The van der Waals surface area contributed by atoms with E-state index in [1.54, 1.807) is 25.1 Å². The lowest BCUT2D eigenvalue weighted by atomic mass is 9.84. The smallest absolute Gasteiger partial charge is 0.229 e. The van der Waals surface area contributed by atoms with Crippen molar-refractivity contribution in [2.75, 3.05) is 19.5 Å². The number of nitrogens with one attached hydrogen (secondary N) is 1. The zero-order chi connectivity index (χ0) is 17.8. The van der Waals surface area contributed by atoms with Crippen molar-refractivity contribution in [1.82, 2.24) is 4.90 Å². The molecule has 1 N–H and O–H groups in total. The molecular formula is C20H22N2O3. The third kappa shape index (κ3) is 3.65. The summed E-state index contributed by atoms with van der Waals surface area (Å²) in [6, 6.07) is 16.7. The molecule has 1 heterocycles. The zero-order valence-corrected chi connectivity index (χ0v) is 14.4. The molecule has 0 aromatic heterocycles. The van der Waals surface area contributed by atoms with E-state index >= 15 is 0 Å². The van der Waals surface area contributed by atoms with Crippen LogP contribution in [0.25, 0.3) is 0 Å². The van der Waals surface area contributed by atoms with Gasteiger partial charge >= 0.3 is 0 Å². The molecule has 130 valence electrons. The number of benzene rings is 2. The molecule has 2 amide bonds. The second-order valence-corrected chi connectivity index (χ2v) is 6.23. The predicted octanol–water partition coefficient (Wildman–Crippen LogP) is 3.24. The number of ether oxygens (including phenoxy) is 1. The highest BCUT2D eigenvalue weighted by molar-refractivity contribution is 5.94. The average molecular weight is 338 g/mol. The van der Waals surface area contributed by atoms with Gasteiger partial charge in [-0.05, 0) is 24.1 Å². The Balaban J connectivity index is 1.84. The number of amides is 2. The highest BCUT2D eigenvalue weighted by Gasteiger charge is 2.38. The summed E-state index contributed by atoms with van der Waals surface area (Å²) in [5.41, 5.74) is 1.67. The second-order valence-electron chi connectivity index (χ2n) is 6.23. The first-order chi connectivity index (χ1) is 12.1. The van der Waals surface area contributed by atoms with Crippen LogP contribution in [0.4, 0.5) is 5.69 Å². The van der Waals surface area contributed by atoms with E-state index in [1.165, 1.54) is 0 Å². The number of rotatable bonds is 4. The van der Waals surface area contributed by atoms with Crippen LogP contribution in [0.2, 0.25) is 0 Å². The molecule has 0 aliphatic carbocycles. The van der Waals surface area contributed by atoms with E-state index in [2.05, 4.69) is 5.32 Å². The van der Waals surface area contributed by atoms with Gasteiger partial charge in [0.1, 0.15) is 5.75 Å². The molecule has 3 rings (SSSR count). The molecular weight excluding hydrogens is 316 g/mol. The number of nitrogens with zero attached hydrogens (tertiary/aromatic N) is 1. The first kappa shape index (κ1) is 17.0. The van der Waals surface area contributed by atoms with Crippen LogP contribution in [-0.2, 0) is 9.59 Å². The minimum atomic E-state index is -0.295. The summed E-state index contributed by atoms with van der Waals surface area (Å²) in [5, 5.41) is 2.96. The monoisotopic (exact) mass is 338 g/mol. The van der Waals surface area contributed by atoms with Gasteiger partial charge in [0.25, 0.3) is 0 Å². The van der Waals surface area contributed by atoms with Crippen LogP contribution in [-0.4, -0.2) is 30.9 Å². The molecule has 2 aromatic rings. The highest BCUT2D eigenvalue weighted by Crippen LogP contribution is 2.36. The highest BCUT2D eigenvalue weighted by atomic mass is 16.5. The number of likely N-dealkylation sites (tertiary alicyclic amines) is 1. The topological polar surface area (TPSA) is 58.6 Å². The van der Waals surface area contributed by atoms with Gasteiger partial charge in [-0.15, -0.1) is 0 Å². The van der Waals surface area contributed by atoms with Crippen LogP contribution in [0.5, 0.6) is 5.75 Å². The summed E-state index contributed by atoms with van der Waals surface area (Å²) in [4.78, 5) is 26.8. The summed E-state index contributed by atoms with van der Waals surface area (Å²) in [6.45, 7) is 0. The van der Waals surface area contributed by atoms with Gasteiger partial charge in [0.15, 0.2) is 0 Å².